The van der Waals surface area contributed by atoms with Gasteiger partial charge in [0.05, 0.1) is 6.61 Å². The van der Waals surface area contributed by atoms with Crippen LogP contribution in [0.25, 0.3) is 0 Å². The van der Waals surface area contributed by atoms with Gasteiger partial charge in [0.25, 0.3) is 0 Å². The number of piperidine rings is 1. The van der Waals surface area contributed by atoms with E-state index in [0.29, 0.717) is 38.8 Å². The van der Waals surface area contributed by atoms with Crippen LogP contribution in [0.5, 0.6) is 0 Å². The van der Waals surface area contributed by atoms with Crippen molar-refractivity contribution < 1.29 is 23.9 Å². The molecule has 0 N–H and O–H groups in total. The zero-order valence-electron chi connectivity index (χ0n) is 19.3. The van der Waals surface area contributed by atoms with E-state index in [1.54, 1.807) is 23.6 Å². The fraction of sp³-hybridized carbons (Fsp3) is 0.625. The first-order valence-corrected chi connectivity index (χ1v) is 12.2. The Bertz CT molecular complexity index is 748. The maximum absolute atomic E-state index is 13.2. The lowest BCUT2D eigenvalue weighted by atomic mass is 9.83. The summed E-state index contributed by atoms with van der Waals surface area (Å²) in [7, 11) is 0. The predicted molar refractivity (Wildman–Crippen MR) is 122 cm³/mol. The van der Waals surface area contributed by atoms with Crippen molar-refractivity contribution in [3.63, 3.8) is 0 Å². The molecule has 1 amide bonds. The first kappa shape index (κ1) is 25.2. The predicted octanol–water partition coefficient (Wildman–Crippen LogP) is 4.74. The van der Waals surface area contributed by atoms with Gasteiger partial charge in [-0.15, -0.1) is 11.8 Å². The molecule has 0 radical (unpaired) electrons. The van der Waals surface area contributed by atoms with Crippen LogP contribution in [-0.4, -0.2) is 54.3 Å². The summed E-state index contributed by atoms with van der Waals surface area (Å²) in [5.74, 6) is -1.52. The van der Waals surface area contributed by atoms with Gasteiger partial charge in [-0.2, -0.15) is 0 Å². The molecule has 0 aromatic heterocycles. The molecule has 1 aromatic rings. The van der Waals surface area contributed by atoms with E-state index in [4.69, 9.17) is 9.47 Å². The Hall–Kier alpha value is -2.02. The molecule has 0 bridgehead atoms. The molecule has 1 heterocycles. The number of amides is 1. The Labute approximate surface area is 190 Å². The van der Waals surface area contributed by atoms with Crippen LogP contribution in [0.2, 0.25) is 0 Å². The van der Waals surface area contributed by atoms with Gasteiger partial charge in [-0.25, -0.2) is 4.79 Å². The number of thioether (sulfide) groups is 1. The van der Waals surface area contributed by atoms with Crippen molar-refractivity contribution in [2.45, 2.75) is 63.9 Å². The number of hydrogen-bond donors (Lipinski definition) is 0. The second-order valence-electron chi connectivity index (χ2n) is 8.84. The minimum absolute atomic E-state index is 0.0666. The van der Waals surface area contributed by atoms with Gasteiger partial charge >= 0.3 is 12.1 Å². The highest BCUT2D eigenvalue weighted by Crippen LogP contribution is 2.26. The first-order chi connectivity index (χ1) is 14.6. The summed E-state index contributed by atoms with van der Waals surface area (Å²) in [6.45, 7) is 8.41. The van der Waals surface area contributed by atoms with Crippen LogP contribution >= 0.6 is 11.8 Å². The molecular formula is C24H35NO5S. The van der Waals surface area contributed by atoms with Crippen molar-refractivity contribution in [2.75, 3.05) is 26.0 Å². The second kappa shape index (κ2) is 11.6. The lowest BCUT2D eigenvalue weighted by Gasteiger charge is -2.33. The van der Waals surface area contributed by atoms with Crippen LogP contribution in [0.4, 0.5) is 4.79 Å². The van der Waals surface area contributed by atoms with E-state index in [-0.39, 0.29) is 24.4 Å². The number of nitrogens with zero attached hydrogens (tertiary/aromatic N) is 1. The number of Topliss-reactive ketones (excluding diaryl/α,β-unsaturated/α-hetero) is 1. The average Bonchev–Trinajstić information content (AvgIpc) is 2.73. The summed E-state index contributed by atoms with van der Waals surface area (Å²) in [4.78, 5) is 40.8. The van der Waals surface area contributed by atoms with Crippen molar-refractivity contribution in [2.24, 2.45) is 11.8 Å². The zero-order valence-corrected chi connectivity index (χ0v) is 20.1. The molecule has 2 rings (SSSR count). The minimum Gasteiger partial charge on any atom is -0.465 e. The number of ether oxygens (including phenoxy) is 2. The quantitative estimate of drug-likeness (QED) is 0.324. The van der Waals surface area contributed by atoms with E-state index in [1.807, 2.05) is 51.3 Å². The molecule has 1 saturated heterocycles. The third-order valence-corrected chi connectivity index (χ3v) is 6.09. The van der Waals surface area contributed by atoms with Crippen LogP contribution in [0, 0.1) is 11.8 Å². The Kier molecular flexibility index (Phi) is 9.41. The molecule has 0 aliphatic carbocycles. The molecule has 7 heteroatoms. The van der Waals surface area contributed by atoms with E-state index < -0.39 is 17.5 Å². The van der Waals surface area contributed by atoms with Crippen LogP contribution in [-0.2, 0) is 25.5 Å². The fourth-order valence-corrected chi connectivity index (χ4v) is 4.09. The molecule has 1 aliphatic rings. The van der Waals surface area contributed by atoms with Crippen LogP contribution in [0.1, 0.15) is 52.5 Å². The maximum Gasteiger partial charge on any atom is 0.410 e. The molecule has 1 aromatic carbocycles. The van der Waals surface area contributed by atoms with Gasteiger partial charge in [0.2, 0.25) is 0 Å². The van der Waals surface area contributed by atoms with Gasteiger partial charge < -0.3 is 14.4 Å². The van der Waals surface area contributed by atoms with Crippen molar-refractivity contribution in [3.05, 3.63) is 29.8 Å². The van der Waals surface area contributed by atoms with Crippen molar-refractivity contribution in [3.8, 4) is 0 Å². The summed E-state index contributed by atoms with van der Waals surface area (Å²) in [5.41, 5.74) is 0.548. The monoisotopic (exact) mass is 449 g/mol. The third-order valence-electron chi connectivity index (χ3n) is 5.34. The smallest absolute Gasteiger partial charge is 0.410 e. The molecule has 1 aliphatic heterocycles. The first-order valence-electron chi connectivity index (χ1n) is 11.0. The summed E-state index contributed by atoms with van der Waals surface area (Å²) >= 11 is 1.68. The summed E-state index contributed by atoms with van der Waals surface area (Å²) in [6, 6.07) is 8.18. The zero-order chi connectivity index (χ0) is 23.0. The lowest BCUT2D eigenvalue weighted by Crippen LogP contribution is -2.44. The van der Waals surface area contributed by atoms with Crippen LogP contribution < -0.4 is 0 Å². The van der Waals surface area contributed by atoms with Gasteiger partial charge in [0.15, 0.2) is 0 Å². The van der Waals surface area contributed by atoms with Gasteiger partial charge in [-0.3, -0.25) is 9.59 Å². The third kappa shape index (κ3) is 7.87. The Morgan fingerprint density at radius 3 is 2.26 bits per heavy atom. The highest BCUT2D eigenvalue weighted by molar-refractivity contribution is 7.98. The SMILES string of the molecule is CCOC(=O)C(CCc1ccc(SC)cc1)C(=O)C1CCN(C(=O)OC(C)(C)C)CC1. The average molecular weight is 450 g/mol. The number of hydrogen-bond acceptors (Lipinski definition) is 6. The minimum atomic E-state index is -0.766. The lowest BCUT2D eigenvalue weighted by molar-refractivity contribution is -0.153. The number of likely N-dealkylation sites (tertiary alicyclic amines) is 1. The molecule has 1 atom stereocenters. The number of benzene rings is 1. The summed E-state index contributed by atoms with van der Waals surface area (Å²) < 4.78 is 10.6. The number of carbonyl (C=O) groups excluding carboxylic acids is 3. The highest BCUT2D eigenvalue weighted by Gasteiger charge is 2.36. The molecule has 1 unspecified atom stereocenters. The van der Waals surface area contributed by atoms with Crippen molar-refractivity contribution in [1.82, 2.24) is 4.90 Å². The Morgan fingerprint density at radius 1 is 1.13 bits per heavy atom. The normalized spacial score (nSPS) is 16.0. The van der Waals surface area contributed by atoms with E-state index in [9.17, 15) is 14.4 Å². The van der Waals surface area contributed by atoms with Gasteiger partial charge in [-0.1, -0.05) is 12.1 Å². The van der Waals surface area contributed by atoms with Crippen LogP contribution in [0.15, 0.2) is 29.2 Å². The number of ketones is 1. The second-order valence-corrected chi connectivity index (χ2v) is 9.72. The van der Waals surface area contributed by atoms with Crippen molar-refractivity contribution >= 4 is 29.6 Å². The largest absolute Gasteiger partial charge is 0.465 e. The molecule has 6 nitrogen and oxygen atoms in total. The Balaban J connectivity index is 1.98. The summed E-state index contributed by atoms with van der Waals surface area (Å²) in [6.07, 6.45) is 3.82. The number of rotatable bonds is 8. The van der Waals surface area contributed by atoms with Gasteiger partial charge in [0, 0.05) is 23.9 Å². The molecule has 0 saturated carbocycles. The topological polar surface area (TPSA) is 72.9 Å². The van der Waals surface area contributed by atoms with Gasteiger partial charge in [0.1, 0.15) is 17.3 Å². The number of carbonyl (C=O) groups is 3. The fourth-order valence-electron chi connectivity index (χ4n) is 3.68. The molecule has 1 fully saturated rings. The highest BCUT2D eigenvalue weighted by atomic mass is 32.2. The van der Waals surface area contributed by atoms with Gasteiger partial charge in [-0.05, 0) is 77.3 Å². The van der Waals surface area contributed by atoms with Crippen molar-refractivity contribution in [1.29, 1.82) is 0 Å². The summed E-state index contributed by atoms with van der Waals surface area (Å²) in [5, 5.41) is 0. The van der Waals surface area contributed by atoms with E-state index in [1.165, 1.54) is 4.90 Å². The molecule has 172 valence electrons. The van der Waals surface area contributed by atoms with E-state index in [2.05, 4.69) is 0 Å². The number of aryl methyl sites for hydroxylation is 1. The molecule has 0 spiro atoms. The maximum atomic E-state index is 13.2. The van der Waals surface area contributed by atoms with Crippen LogP contribution in [0.3, 0.4) is 0 Å². The standard InChI is InChI=1S/C24H35NO5S/c1-6-29-22(27)20(12-9-17-7-10-19(31-5)11-8-17)21(26)18-13-15-25(16-14-18)23(28)30-24(2,3)4/h7-8,10-11,18,20H,6,9,12-16H2,1-5H3. The van der Waals surface area contributed by atoms with E-state index in [0.717, 1.165) is 5.56 Å². The number of esters is 1. The van der Waals surface area contributed by atoms with E-state index >= 15 is 0 Å². The molecule has 31 heavy (non-hydrogen) atoms. The molecular weight excluding hydrogens is 414 g/mol. The Morgan fingerprint density at radius 2 is 1.74 bits per heavy atom.